The number of rotatable bonds is 3. The zero-order chi connectivity index (χ0) is 23.3. The maximum Gasteiger partial charge on any atom is 0.0510 e. The van der Waals surface area contributed by atoms with Gasteiger partial charge in [-0.3, -0.25) is 0 Å². The first-order chi connectivity index (χ1) is 16.5. The van der Waals surface area contributed by atoms with Crippen LogP contribution < -0.4 is 4.90 Å². The molecule has 34 heavy (non-hydrogen) atoms. The Kier molecular flexibility index (Phi) is 4.93. The second-order valence-electron chi connectivity index (χ2n) is 9.83. The number of benzene rings is 5. The molecule has 0 saturated heterocycles. The molecule has 0 N–H and O–H groups in total. The summed E-state index contributed by atoms with van der Waals surface area (Å²) in [5.74, 6) is 0. The van der Waals surface area contributed by atoms with E-state index in [2.05, 4.69) is 135 Å². The standard InChI is InChI=1S/C32H27NS/c1-32(2,3)33(28-15-9-17-30-31(28)27-13-6-7-16-29(27)34-30)24-20-18-23(19-21-24)26-14-8-11-22-10-4-5-12-25(22)26/h4-21H,1-3H3. The molecule has 0 aliphatic rings. The van der Waals surface area contributed by atoms with Gasteiger partial charge >= 0.3 is 0 Å². The number of nitrogens with zero attached hydrogens (tertiary/aromatic N) is 1. The minimum absolute atomic E-state index is 0.0850. The first kappa shape index (κ1) is 20.9. The van der Waals surface area contributed by atoms with E-state index in [4.69, 9.17) is 0 Å². The van der Waals surface area contributed by atoms with E-state index >= 15 is 0 Å². The van der Waals surface area contributed by atoms with Crippen LogP contribution in [0.5, 0.6) is 0 Å². The molecular weight excluding hydrogens is 430 g/mol. The van der Waals surface area contributed by atoms with E-state index in [1.807, 2.05) is 11.3 Å². The molecule has 0 atom stereocenters. The van der Waals surface area contributed by atoms with Crippen LogP contribution in [-0.2, 0) is 0 Å². The van der Waals surface area contributed by atoms with Crippen molar-refractivity contribution < 1.29 is 0 Å². The van der Waals surface area contributed by atoms with E-state index < -0.39 is 0 Å². The number of anilines is 2. The van der Waals surface area contributed by atoms with E-state index in [0.717, 1.165) is 0 Å². The molecule has 6 rings (SSSR count). The lowest BCUT2D eigenvalue weighted by molar-refractivity contribution is 0.561. The highest BCUT2D eigenvalue weighted by molar-refractivity contribution is 7.26. The van der Waals surface area contributed by atoms with Crippen molar-refractivity contribution in [2.24, 2.45) is 0 Å². The molecular formula is C32H27NS. The number of thiophene rings is 1. The summed E-state index contributed by atoms with van der Waals surface area (Å²) in [4.78, 5) is 2.49. The molecule has 1 heterocycles. The van der Waals surface area contributed by atoms with Crippen molar-refractivity contribution in [3.63, 3.8) is 0 Å². The lowest BCUT2D eigenvalue weighted by Crippen LogP contribution is -2.37. The van der Waals surface area contributed by atoms with Crippen LogP contribution >= 0.6 is 11.3 Å². The van der Waals surface area contributed by atoms with Crippen molar-refractivity contribution in [3.8, 4) is 11.1 Å². The van der Waals surface area contributed by atoms with E-state index in [1.54, 1.807) is 0 Å². The molecule has 2 heteroatoms. The molecule has 0 saturated carbocycles. The highest BCUT2D eigenvalue weighted by atomic mass is 32.1. The fraction of sp³-hybridized carbons (Fsp3) is 0.125. The third kappa shape index (κ3) is 3.46. The second-order valence-corrected chi connectivity index (χ2v) is 10.9. The largest absolute Gasteiger partial charge is 0.336 e. The second kappa shape index (κ2) is 8.00. The molecule has 6 aromatic rings. The van der Waals surface area contributed by atoms with Crippen LogP contribution in [0.1, 0.15) is 20.8 Å². The van der Waals surface area contributed by atoms with Crippen molar-refractivity contribution in [2.45, 2.75) is 26.3 Å². The Labute approximate surface area is 204 Å². The normalized spacial score (nSPS) is 12.0. The summed E-state index contributed by atoms with van der Waals surface area (Å²) in [6.45, 7) is 6.87. The molecule has 0 radical (unpaired) electrons. The zero-order valence-corrected chi connectivity index (χ0v) is 20.6. The Morgan fingerprint density at radius 3 is 2.03 bits per heavy atom. The van der Waals surface area contributed by atoms with Crippen molar-refractivity contribution in [3.05, 3.63) is 109 Å². The van der Waals surface area contributed by atoms with E-state index in [9.17, 15) is 0 Å². The predicted molar refractivity (Wildman–Crippen MR) is 151 cm³/mol. The molecule has 0 aliphatic heterocycles. The van der Waals surface area contributed by atoms with Crippen LogP contribution in [0.25, 0.3) is 42.1 Å². The van der Waals surface area contributed by atoms with Gasteiger partial charge in [0.15, 0.2) is 0 Å². The minimum Gasteiger partial charge on any atom is -0.336 e. The number of hydrogen-bond donors (Lipinski definition) is 0. The molecule has 0 aliphatic carbocycles. The van der Waals surface area contributed by atoms with Gasteiger partial charge in [0.25, 0.3) is 0 Å². The van der Waals surface area contributed by atoms with Crippen LogP contribution in [-0.4, -0.2) is 5.54 Å². The molecule has 5 aromatic carbocycles. The van der Waals surface area contributed by atoms with Crippen LogP contribution in [0, 0.1) is 0 Å². The Morgan fingerprint density at radius 2 is 1.24 bits per heavy atom. The molecule has 166 valence electrons. The predicted octanol–water partition coefficient (Wildman–Crippen LogP) is 9.81. The van der Waals surface area contributed by atoms with Gasteiger partial charge in [-0.05, 0) is 73.0 Å². The SMILES string of the molecule is CC(C)(C)N(c1ccc(-c2cccc3ccccc23)cc1)c1cccc2sc3ccccc3c12. The van der Waals surface area contributed by atoms with Crippen molar-refractivity contribution in [1.82, 2.24) is 0 Å². The van der Waals surface area contributed by atoms with Gasteiger partial charge in [0.1, 0.15) is 0 Å². The van der Waals surface area contributed by atoms with Crippen molar-refractivity contribution >= 4 is 53.7 Å². The van der Waals surface area contributed by atoms with E-state index in [-0.39, 0.29) is 5.54 Å². The van der Waals surface area contributed by atoms with Crippen LogP contribution in [0.4, 0.5) is 11.4 Å². The average Bonchev–Trinajstić information content (AvgIpc) is 3.23. The summed E-state index contributed by atoms with van der Waals surface area (Å²) in [6, 6.07) is 39.7. The van der Waals surface area contributed by atoms with Crippen molar-refractivity contribution in [1.29, 1.82) is 0 Å². The Morgan fingerprint density at radius 1 is 0.588 bits per heavy atom. The average molecular weight is 458 g/mol. The van der Waals surface area contributed by atoms with Gasteiger partial charge in [-0.15, -0.1) is 11.3 Å². The fourth-order valence-electron chi connectivity index (χ4n) is 5.10. The Balaban J connectivity index is 1.51. The fourth-order valence-corrected chi connectivity index (χ4v) is 6.22. The summed E-state index contributed by atoms with van der Waals surface area (Å²) in [6.07, 6.45) is 0. The number of fused-ring (bicyclic) bond motifs is 4. The van der Waals surface area contributed by atoms with Gasteiger partial charge in [-0.25, -0.2) is 0 Å². The van der Waals surface area contributed by atoms with E-state index in [0.29, 0.717) is 0 Å². The highest BCUT2D eigenvalue weighted by Gasteiger charge is 2.26. The molecule has 0 spiro atoms. The molecule has 1 nitrogen and oxygen atoms in total. The topological polar surface area (TPSA) is 3.24 Å². The monoisotopic (exact) mass is 457 g/mol. The summed E-state index contributed by atoms with van der Waals surface area (Å²) in [5.41, 5.74) is 4.91. The lowest BCUT2D eigenvalue weighted by atomic mass is 9.97. The third-order valence-electron chi connectivity index (χ3n) is 6.52. The quantitative estimate of drug-likeness (QED) is 0.255. The van der Waals surface area contributed by atoms with Crippen molar-refractivity contribution in [2.75, 3.05) is 4.90 Å². The first-order valence-electron chi connectivity index (χ1n) is 11.8. The summed E-state index contributed by atoms with van der Waals surface area (Å²) < 4.78 is 2.67. The smallest absolute Gasteiger partial charge is 0.0510 e. The maximum atomic E-state index is 2.49. The maximum absolute atomic E-state index is 2.49. The molecule has 0 amide bonds. The highest BCUT2D eigenvalue weighted by Crippen LogP contribution is 2.44. The molecule has 0 unspecified atom stereocenters. The lowest BCUT2D eigenvalue weighted by Gasteiger charge is -2.38. The van der Waals surface area contributed by atoms with Gasteiger partial charge in [-0.1, -0.05) is 78.9 Å². The van der Waals surface area contributed by atoms with Gasteiger partial charge in [0.05, 0.1) is 5.69 Å². The summed E-state index contributed by atoms with van der Waals surface area (Å²) >= 11 is 1.87. The van der Waals surface area contributed by atoms with Gasteiger partial charge in [0, 0.05) is 31.4 Å². The Bertz CT molecular complexity index is 1630. The van der Waals surface area contributed by atoms with Crippen LogP contribution in [0.15, 0.2) is 109 Å². The number of hydrogen-bond acceptors (Lipinski definition) is 2. The third-order valence-corrected chi connectivity index (χ3v) is 7.65. The summed E-state index contributed by atoms with van der Waals surface area (Å²) in [5, 5.41) is 5.24. The van der Waals surface area contributed by atoms with Crippen LogP contribution in [0.2, 0.25) is 0 Å². The Hall–Kier alpha value is -3.62. The zero-order valence-electron chi connectivity index (χ0n) is 19.7. The minimum atomic E-state index is -0.0850. The first-order valence-corrected chi connectivity index (χ1v) is 12.6. The molecule has 0 fully saturated rings. The van der Waals surface area contributed by atoms with Gasteiger partial charge < -0.3 is 4.90 Å². The van der Waals surface area contributed by atoms with Crippen LogP contribution in [0.3, 0.4) is 0 Å². The van der Waals surface area contributed by atoms with Gasteiger partial charge in [0.2, 0.25) is 0 Å². The van der Waals surface area contributed by atoms with Gasteiger partial charge in [-0.2, -0.15) is 0 Å². The molecule has 1 aromatic heterocycles. The molecule has 0 bridgehead atoms. The summed E-state index contributed by atoms with van der Waals surface area (Å²) in [7, 11) is 0. The van der Waals surface area contributed by atoms with E-state index in [1.165, 1.54) is 53.4 Å².